The molecule has 0 bridgehead atoms. The summed E-state index contributed by atoms with van der Waals surface area (Å²) in [5, 5.41) is 2.65. The number of hydrogen-bond acceptors (Lipinski definition) is 2. The number of anilines is 3. The van der Waals surface area contributed by atoms with Crippen LogP contribution in [0.1, 0.15) is 49.9 Å². The van der Waals surface area contributed by atoms with Gasteiger partial charge in [0.15, 0.2) is 0 Å². The van der Waals surface area contributed by atoms with Gasteiger partial charge in [-0.05, 0) is 92.0 Å². The fraction of sp³-hybridized carbons (Fsp3) is 0.125. The van der Waals surface area contributed by atoms with E-state index in [0.29, 0.717) is 0 Å². The van der Waals surface area contributed by atoms with Crippen molar-refractivity contribution >= 4 is 48.6 Å². The zero-order chi connectivity index (χ0) is 33.8. The minimum absolute atomic E-state index is 0.0459. The first-order chi connectivity index (χ1) is 24.3. The van der Waals surface area contributed by atoms with E-state index in [2.05, 4.69) is 184 Å². The summed E-state index contributed by atoms with van der Waals surface area (Å²) in [6.45, 7) is 9.49. The van der Waals surface area contributed by atoms with Crippen molar-refractivity contribution in [2.75, 3.05) is 4.90 Å². The van der Waals surface area contributed by atoms with Crippen LogP contribution in [0.4, 0.5) is 17.1 Å². The van der Waals surface area contributed by atoms with Gasteiger partial charge in [0.2, 0.25) is 0 Å². The molecule has 0 amide bonds. The van der Waals surface area contributed by atoms with Crippen LogP contribution in [0.25, 0.3) is 53.6 Å². The van der Waals surface area contributed by atoms with E-state index in [1.807, 2.05) is 11.3 Å². The van der Waals surface area contributed by atoms with Crippen molar-refractivity contribution in [2.45, 2.75) is 38.5 Å². The van der Waals surface area contributed by atoms with E-state index in [1.165, 1.54) is 87.2 Å². The van der Waals surface area contributed by atoms with E-state index in [-0.39, 0.29) is 10.8 Å². The fourth-order valence-electron chi connectivity index (χ4n) is 9.07. The molecule has 10 rings (SSSR count). The first-order valence-electron chi connectivity index (χ1n) is 17.6. The van der Waals surface area contributed by atoms with Crippen molar-refractivity contribution in [3.8, 4) is 33.4 Å². The van der Waals surface area contributed by atoms with Crippen LogP contribution in [0.5, 0.6) is 0 Å². The molecule has 50 heavy (non-hydrogen) atoms. The highest BCUT2D eigenvalue weighted by atomic mass is 32.1. The van der Waals surface area contributed by atoms with E-state index in [4.69, 9.17) is 0 Å². The van der Waals surface area contributed by atoms with Gasteiger partial charge in [0.1, 0.15) is 0 Å². The molecule has 2 heteroatoms. The molecule has 0 radical (unpaired) electrons. The van der Waals surface area contributed by atoms with Crippen LogP contribution < -0.4 is 4.90 Å². The van der Waals surface area contributed by atoms with Gasteiger partial charge in [0.25, 0.3) is 0 Å². The molecule has 0 atom stereocenters. The number of hydrogen-bond donors (Lipinski definition) is 0. The van der Waals surface area contributed by atoms with Gasteiger partial charge in [-0.2, -0.15) is 0 Å². The van der Waals surface area contributed by atoms with E-state index in [1.54, 1.807) is 0 Å². The standard InChI is InChI=1S/C48H37NS/c1-47(2)40-22-8-6-17-35(40)39-29-32(26-27-42(39)47)49(43-24-13-20-37-34-16-5-9-23-41(34)48(3,4)45(37)43)31-15-11-14-30(28-31)33-19-12-21-38-36-18-7-10-25-44(36)50-46(33)38/h5-29H,1-4H3. The van der Waals surface area contributed by atoms with Gasteiger partial charge in [-0.1, -0.05) is 143 Å². The molecule has 240 valence electrons. The number of fused-ring (bicyclic) bond motifs is 9. The zero-order valence-corrected chi connectivity index (χ0v) is 29.6. The maximum atomic E-state index is 2.52. The molecule has 0 N–H and O–H groups in total. The molecule has 1 aromatic heterocycles. The Balaban J connectivity index is 1.22. The van der Waals surface area contributed by atoms with Gasteiger partial charge in [0, 0.05) is 42.4 Å². The minimum Gasteiger partial charge on any atom is -0.310 e. The maximum absolute atomic E-state index is 2.52. The predicted octanol–water partition coefficient (Wildman–Crippen LogP) is 13.8. The summed E-state index contributed by atoms with van der Waals surface area (Å²) in [6.07, 6.45) is 0. The molecule has 0 spiro atoms. The van der Waals surface area contributed by atoms with Crippen molar-refractivity contribution < 1.29 is 0 Å². The Morgan fingerprint density at radius 3 is 1.88 bits per heavy atom. The highest BCUT2D eigenvalue weighted by Gasteiger charge is 2.40. The van der Waals surface area contributed by atoms with Crippen molar-refractivity contribution in [3.63, 3.8) is 0 Å². The van der Waals surface area contributed by atoms with Gasteiger partial charge in [0.05, 0.1) is 5.69 Å². The van der Waals surface area contributed by atoms with Crippen LogP contribution in [0, 0.1) is 0 Å². The van der Waals surface area contributed by atoms with Gasteiger partial charge in [-0.15, -0.1) is 11.3 Å². The SMILES string of the molecule is CC1(C)c2ccccc2-c2cc(N(c3cccc(-c4cccc5c4sc4ccccc45)c3)c3cccc4c3C(C)(C)c3ccccc3-4)ccc21. The van der Waals surface area contributed by atoms with Gasteiger partial charge >= 0.3 is 0 Å². The Labute approximate surface area is 298 Å². The Bertz CT molecular complexity index is 2670. The monoisotopic (exact) mass is 659 g/mol. The summed E-state index contributed by atoms with van der Waals surface area (Å²) in [7, 11) is 0. The van der Waals surface area contributed by atoms with Crippen LogP contribution in [-0.2, 0) is 10.8 Å². The van der Waals surface area contributed by atoms with Crippen molar-refractivity contribution in [1.82, 2.24) is 0 Å². The summed E-state index contributed by atoms with van der Waals surface area (Å²) >= 11 is 1.89. The Morgan fingerprint density at radius 1 is 0.440 bits per heavy atom. The molecule has 0 fully saturated rings. The molecule has 0 aliphatic heterocycles. The Kier molecular flexibility index (Phi) is 6.21. The Morgan fingerprint density at radius 2 is 1.04 bits per heavy atom. The van der Waals surface area contributed by atoms with E-state index >= 15 is 0 Å². The lowest BCUT2D eigenvalue weighted by Crippen LogP contribution is -2.21. The fourth-order valence-corrected chi connectivity index (χ4v) is 10.3. The molecule has 0 unspecified atom stereocenters. The largest absolute Gasteiger partial charge is 0.310 e. The van der Waals surface area contributed by atoms with Crippen LogP contribution in [-0.4, -0.2) is 0 Å². The molecular formula is C48H37NS. The average Bonchev–Trinajstić information content (AvgIpc) is 3.72. The normalized spacial score (nSPS) is 14.7. The smallest absolute Gasteiger partial charge is 0.0508 e. The van der Waals surface area contributed by atoms with E-state index in [9.17, 15) is 0 Å². The number of thiophene rings is 1. The number of nitrogens with zero attached hydrogens (tertiary/aromatic N) is 1. The number of rotatable bonds is 4. The summed E-state index contributed by atoms with van der Waals surface area (Å²) < 4.78 is 2.67. The van der Waals surface area contributed by atoms with Gasteiger partial charge in [-0.25, -0.2) is 0 Å². The van der Waals surface area contributed by atoms with Gasteiger partial charge < -0.3 is 4.90 Å². The second-order valence-electron chi connectivity index (χ2n) is 14.9. The van der Waals surface area contributed by atoms with Crippen molar-refractivity contribution in [2.24, 2.45) is 0 Å². The van der Waals surface area contributed by atoms with Crippen molar-refractivity contribution in [3.05, 3.63) is 174 Å². The lowest BCUT2D eigenvalue weighted by Gasteiger charge is -2.33. The predicted molar refractivity (Wildman–Crippen MR) is 215 cm³/mol. The van der Waals surface area contributed by atoms with E-state index in [0.717, 1.165) is 5.69 Å². The molecule has 2 aliphatic carbocycles. The summed E-state index contributed by atoms with van der Waals surface area (Å²) in [5.41, 5.74) is 16.7. The summed E-state index contributed by atoms with van der Waals surface area (Å²) in [4.78, 5) is 2.52. The van der Waals surface area contributed by atoms with Crippen LogP contribution in [0.3, 0.4) is 0 Å². The van der Waals surface area contributed by atoms with Gasteiger partial charge in [-0.3, -0.25) is 0 Å². The second-order valence-corrected chi connectivity index (χ2v) is 16.0. The molecule has 1 heterocycles. The first-order valence-corrected chi connectivity index (χ1v) is 18.4. The maximum Gasteiger partial charge on any atom is 0.0508 e. The molecule has 2 aliphatic rings. The molecule has 0 saturated heterocycles. The minimum atomic E-state index is -0.160. The highest BCUT2D eigenvalue weighted by Crippen LogP contribution is 2.56. The molecule has 7 aromatic carbocycles. The topological polar surface area (TPSA) is 3.24 Å². The third kappa shape index (κ3) is 4.06. The van der Waals surface area contributed by atoms with Crippen LogP contribution >= 0.6 is 11.3 Å². The third-order valence-electron chi connectivity index (χ3n) is 11.4. The lowest BCUT2D eigenvalue weighted by molar-refractivity contribution is 0.660. The zero-order valence-electron chi connectivity index (χ0n) is 28.8. The molecule has 8 aromatic rings. The van der Waals surface area contributed by atoms with Crippen LogP contribution in [0.15, 0.2) is 152 Å². The molecule has 1 nitrogen and oxygen atoms in total. The number of benzene rings is 7. The summed E-state index contributed by atoms with van der Waals surface area (Å²) in [6, 6.07) is 56.7. The quantitative estimate of drug-likeness (QED) is 0.182. The highest BCUT2D eigenvalue weighted by molar-refractivity contribution is 7.26. The Hall–Kier alpha value is -5.44. The molecular weight excluding hydrogens is 623 g/mol. The first kappa shape index (κ1) is 29.5. The van der Waals surface area contributed by atoms with E-state index < -0.39 is 0 Å². The third-order valence-corrected chi connectivity index (χ3v) is 12.7. The lowest BCUT2D eigenvalue weighted by atomic mass is 9.81. The van der Waals surface area contributed by atoms with Crippen molar-refractivity contribution in [1.29, 1.82) is 0 Å². The summed E-state index contributed by atoms with van der Waals surface area (Å²) in [5.74, 6) is 0. The molecule has 0 saturated carbocycles. The van der Waals surface area contributed by atoms with Crippen LogP contribution in [0.2, 0.25) is 0 Å². The second kappa shape index (κ2) is 10.5. The average molecular weight is 660 g/mol.